The third-order valence-corrected chi connectivity index (χ3v) is 2.73. The van der Waals surface area contributed by atoms with Crippen LogP contribution in [0.3, 0.4) is 0 Å². The average molecular weight is 291 g/mol. The van der Waals surface area contributed by atoms with Gasteiger partial charge in [0.05, 0.1) is 6.42 Å². The Morgan fingerprint density at radius 1 is 1.05 bits per heavy atom. The fourth-order valence-corrected chi connectivity index (χ4v) is 1.84. The molecule has 2 aromatic rings. The zero-order chi connectivity index (χ0) is 15.4. The van der Waals surface area contributed by atoms with Crippen molar-refractivity contribution in [2.75, 3.05) is 5.32 Å². The molecule has 0 aliphatic heterocycles. The van der Waals surface area contributed by atoms with E-state index in [2.05, 4.69) is 5.32 Å². The van der Waals surface area contributed by atoms with E-state index in [0.717, 1.165) is 12.1 Å². The molecule has 0 spiro atoms. The summed E-state index contributed by atoms with van der Waals surface area (Å²) >= 11 is 0. The molecule has 0 bridgehead atoms. The lowest BCUT2D eigenvalue weighted by molar-refractivity contribution is -0.136. The highest BCUT2D eigenvalue weighted by atomic mass is 19.1. The minimum atomic E-state index is -1.05. The Balaban J connectivity index is 2.25. The van der Waals surface area contributed by atoms with Gasteiger partial charge in [-0.15, -0.1) is 0 Å². The van der Waals surface area contributed by atoms with Crippen molar-refractivity contribution in [3.63, 3.8) is 0 Å². The second kappa shape index (κ2) is 6.13. The standard InChI is InChI=1S/C15H11F2NO3/c16-11-5-10(6-12(17)8-11)15(21)18-13-4-2-1-3-9(13)7-14(19)20/h1-6,8H,7H2,(H,18,21)(H,19,20). The molecular formula is C15H11F2NO3. The zero-order valence-electron chi connectivity index (χ0n) is 10.8. The van der Waals surface area contributed by atoms with Crippen LogP contribution in [0.1, 0.15) is 15.9 Å². The monoisotopic (exact) mass is 291 g/mol. The van der Waals surface area contributed by atoms with Crippen molar-refractivity contribution in [3.05, 3.63) is 65.2 Å². The van der Waals surface area contributed by atoms with Crippen molar-refractivity contribution in [2.24, 2.45) is 0 Å². The molecule has 0 radical (unpaired) electrons. The van der Waals surface area contributed by atoms with Crippen LogP contribution in [-0.4, -0.2) is 17.0 Å². The summed E-state index contributed by atoms with van der Waals surface area (Å²) in [5.74, 6) is -3.49. The van der Waals surface area contributed by atoms with Gasteiger partial charge in [0.1, 0.15) is 11.6 Å². The van der Waals surface area contributed by atoms with E-state index in [4.69, 9.17) is 5.11 Å². The summed E-state index contributed by atoms with van der Waals surface area (Å²) < 4.78 is 26.2. The first-order valence-corrected chi connectivity index (χ1v) is 6.03. The van der Waals surface area contributed by atoms with Crippen LogP contribution in [-0.2, 0) is 11.2 Å². The topological polar surface area (TPSA) is 66.4 Å². The van der Waals surface area contributed by atoms with Crippen LogP contribution in [0, 0.1) is 11.6 Å². The Morgan fingerprint density at radius 2 is 1.67 bits per heavy atom. The molecule has 0 saturated carbocycles. The van der Waals surface area contributed by atoms with Crippen LogP contribution in [0.4, 0.5) is 14.5 Å². The van der Waals surface area contributed by atoms with E-state index >= 15 is 0 Å². The SMILES string of the molecule is O=C(O)Cc1ccccc1NC(=O)c1cc(F)cc(F)c1. The van der Waals surface area contributed by atoms with Gasteiger partial charge in [0.25, 0.3) is 5.91 Å². The smallest absolute Gasteiger partial charge is 0.307 e. The molecule has 0 heterocycles. The third-order valence-electron chi connectivity index (χ3n) is 2.73. The maximum absolute atomic E-state index is 13.1. The summed E-state index contributed by atoms with van der Waals surface area (Å²) in [6, 6.07) is 8.79. The van der Waals surface area contributed by atoms with E-state index in [-0.39, 0.29) is 17.7 Å². The molecule has 4 nitrogen and oxygen atoms in total. The highest BCUT2D eigenvalue weighted by Gasteiger charge is 2.12. The minimum absolute atomic E-state index is 0.183. The molecule has 1 amide bonds. The Labute approximate surface area is 119 Å². The normalized spacial score (nSPS) is 10.2. The highest BCUT2D eigenvalue weighted by Crippen LogP contribution is 2.17. The molecule has 21 heavy (non-hydrogen) atoms. The zero-order valence-corrected chi connectivity index (χ0v) is 10.8. The fourth-order valence-electron chi connectivity index (χ4n) is 1.84. The fraction of sp³-hybridized carbons (Fsp3) is 0.0667. The number of carboxylic acids is 1. The van der Waals surface area contributed by atoms with Crippen LogP contribution in [0.2, 0.25) is 0 Å². The van der Waals surface area contributed by atoms with Crippen LogP contribution < -0.4 is 5.32 Å². The van der Waals surface area contributed by atoms with Crippen LogP contribution in [0.15, 0.2) is 42.5 Å². The maximum atomic E-state index is 13.1. The van der Waals surface area contributed by atoms with E-state index in [1.165, 1.54) is 6.07 Å². The van der Waals surface area contributed by atoms with Gasteiger partial charge < -0.3 is 10.4 Å². The van der Waals surface area contributed by atoms with Crippen LogP contribution >= 0.6 is 0 Å². The van der Waals surface area contributed by atoms with Gasteiger partial charge in [0.2, 0.25) is 0 Å². The Morgan fingerprint density at radius 3 is 2.29 bits per heavy atom. The van der Waals surface area contributed by atoms with Crippen molar-refractivity contribution in [3.8, 4) is 0 Å². The summed E-state index contributed by atoms with van der Waals surface area (Å²) in [6.07, 6.45) is -0.270. The molecule has 2 N–H and O–H groups in total. The Hall–Kier alpha value is -2.76. The van der Waals surface area contributed by atoms with E-state index in [1.54, 1.807) is 18.2 Å². The predicted octanol–water partition coefficient (Wildman–Crippen LogP) is 2.84. The van der Waals surface area contributed by atoms with Gasteiger partial charge in [-0.3, -0.25) is 9.59 Å². The van der Waals surface area contributed by atoms with Crippen molar-refractivity contribution < 1.29 is 23.5 Å². The summed E-state index contributed by atoms with van der Waals surface area (Å²) in [7, 11) is 0. The number of benzene rings is 2. The molecule has 6 heteroatoms. The Kier molecular flexibility index (Phi) is 4.27. The van der Waals surface area contributed by atoms with E-state index < -0.39 is 23.5 Å². The summed E-state index contributed by atoms with van der Waals surface area (Å²) in [5, 5.41) is 11.3. The molecule has 2 rings (SSSR count). The summed E-state index contributed by atoms with van der Waals surface area (Å²) in [4.78, 5) is 22.7. The van der Waals surface area contributed by atoms with Crippen molar-refractivity contribution >= 4 is 17.6 Å². The first kappa shape index (κ1) is 14.6. The van der Waals surface area contributed by atoms with Gasteiger partial charge in [-0.2, -0.15) is 0 Å². The number of hydrogen-bond acceptors (Lipinski definition) is 2. The van der Waals surface area contributed by atoms with E-state index in [0.29, 0.717) is 11.6 Å². The number of halogens is 2. The van der Waals surface area contributed by atoms with Gasteiger partial charge in [-0.05, 0) is 23.8 Å². The van der Waals surface area contributed by atoms with Crippen molar-refractivity contribution in [2.45, 2.75) is 6.42 Å². The second-order valence-electron chi connectivity index (χ2n) is 4.34. The van der Waals surface area contributed by atoms with Gasteiger partial charge >= 0.3 is 5.97 Å². The van der Waals surface area contributed by atoms with Crippen LogP contribution in [0.25, 0.3) is 0 Å². The molecule has 0 unspecified atom stereocenters. The van der Waals surface area contributed by atoms with Crippen LogP contribution in [0.5, 0.6) is 0 Å². The molecular weight excluding hydrogens is 280 g/mol. The number of hydrogen-bond donors (Lipinski definition) is 2. The molecule has 108 valence electrons. The minimum Gasteiger partial charge on any atom is -0.481 e. The summed E-state index contributed by atoms with van der Waals surface area (Å²) in [6.45, 7) is 0. The predicted molar refractivity (Wildman–Crippen MR) is 72.1 cm³/mol. The van der Waals surface area contributed by atoms with E-state index in [1.807, 2.05) is 0 Å². The molecule has 0 aromatic heterocycles. The molecule has 0 atom stereocenters. The lowest BCUT2D eigenvalue weighted by Gasteiger charge is -2.10. The number of rotatable bonds is 4. The van der Waals surface area contributed by atoms with Gasteiger partial charge in [-0.1, -0.05) is 18.2 Å². The third kappa shape index (κ3) is 3.85. The van der Waals surface area contributed by atoms with E-state index in [9.17, 15) is 18.4 Å². The van der Waals surface area contributed by atoms with Gasteiger partial charge in [0, 0.05) is 17.3 Å². The highest BCUT2D eigenvalue weighted by molar-refractivity contribution is 6.04. The first-order chi connectivity index (χ1) is 9.95. The number of carboxylic acid groups (broad SMARTS) is 1. The molecule has 0 saturated heterocycles. The second-order valence-corrected chi connectivity index (χ2v) is 4.34. The molecule has 0 aliphatic carbocycles. The number of carbonyl (C=O) groups excluding carboxylic acids is 1. The number of amides is 1. The first-order valence-electron chi connectivity index (χ1n) is 6.03. The number of aliphatic carboxylic acids is 1. The lowest BCUT2D eigenvalue weighted by atomic mass is 10.1. The quantitative estimate of drug-likeness (QED) is 0.910. The number of para-hydroxylation sites is 1. The molecule has 0 fully saturated rings. The Bertz CT molecular complexity index is 681. The summed E-state index contributed by atoms with van der Waals surface area (Å²) in [5.41, 5.74) is 0.502. The average Bonchev–Trinajstić information content (AvgIpc) is 2.39. The maximum Gasteiger partial charge on any atom is 0.307 e. The van der Waals surface area contributed by atoms with Crippen molar-refractivity contribution in [1.29, 1.82) is 0 Å². The largest absolute Gasteiger partial charge is 0.481 e. The number of nitrogens with one attached hydrogen (secondary N) is 1. The number of anilines is 1. The molecule has 0 aliphatic rings. The molecule has 2 aromatic carbocycles. The number of carbonyl (C=O) groups is 2. The van der Waals surface area contributed by atoms with Crippen molar-refractivity contribution in [1.82, 2.24) is 0 Å². The van der Waals surface area contributed by atoms with Gasteiger partial charge in [-0.25, -0.2) is 8.78 Å². The lowest BCUT2D eigenvalue weighted by Crippen LogP contribution is -2.15. The van der Waals surface area contributed by atoms with Gasteiger partial charge in [0.15, 0.2) is 0 Å².